The van der Waals surface area contributed by atoms with Crippen molar-refractivity contribution in [2.24, 2.45) is 23.7 Å². The summed E-state index contributed by atoms with van der Waals surface area (Å²) in [7, 11) is 3.72. The van der Waals surface area contributed by atoms with Crippen molar-refractivity contribution in [3.63, 3.8) is 0 Å². The van der Waals surface area contributed by atoms with Crippen molar-refractivity contribution in [1.29, 1.82) is 0 Å². The van der Waals surface area contributed by atoms with Crippen molar-refractivity contribution in [3.05, 3.63) is 40.6 Å². The number of nitrogens with one attached hydrogen (secondary N) is 3. The Kier molecular flexibility index (Phi) is 7.39. The van der Waals surface area contributed by atoms with Gasteiger partial charge in [0.25, 0.3) is 0 Å². The molecule has 1 amide bonds. The second-order valence-electron chi connectivity index (χ2n) is 11.1. The van der Waals surface area contributed by atoms with E-state index in [0.29, 0.717) is 31.1 Å². The summed E-state index contributed by atoms with van der Waals surface area (Å²) in [6.45, 7) is 0.745. The summed E-state index contributed by atoms with van der Waals surface area (Å²) in [5, 5.41) is 2.69. The van der Waals surface area contributed by atoms with Crippen molar-refractivity contribution in [3.8, 4) is 0 Å². The number of fused-ring (bicyclic) bond motifs is 1. The standard InChI is InChI=1S/C26H37F3N6O2/c1-30-22(36)9-8-16-11-18(23(17-5-3-6-17)24-32-31-15-33(24)2)13-19(12-16)35-14-21-20(26(27,28)29)7-4-10-34(21)25(35)37/h4,7,10,14,16-19,23-24,31-32H,3,5-6,8-9,11-13,15H2,1-2H3,(H,30,36)/t16?,18?,19?,23-,24?/m0/s1. The summed E-state index contributed by atoms with van der Waals surface area (Å²) in [4.78, 5) is 27.7. The molecule has 5 rings (SSSR count). The Morgan fingerprint density at radius 3 is 2.62 bits per heavy atom. The second kappa shape index (κ2) is 10.4. The van der Waals surface area contributed by atoms with E-state index in [4.69, 9.17) is 0 Å². The van der Waals surface area contributed by atoms with E-state index in [-0.39, 0.29) is 35.5 Å². The van der Waals surface area contributed by atoms with E-state index < -0.39 is 17.4 Å². The number of amides is 1. The highest BCUT2D eigenvalue weighted by atomic mass is 19.4. The maximum Gasteiger partial charge on any atom is 0.418 e. The smallest absolute Gasteiger partial charge is 0.359 e. The van der Waals surface area contributed by atoms with E-state index in [1.54, 1.807) is 7.05 Å². The Bertz CT molecular complexity index is 1170. The Morgan fingerprint density at radius 1 is 1.22 bits per heavy atom. The molecule has 5 atom stereocenters. The zero-order valence-electron chi connectivity index (χ0n) is 21.4. The minimum atomic E-state index is -4.54. The van der Waals surface area contributed by atoms with Gasteiger partial charge in [0.1, 0.15) is 0 Å². The van der Waals surface area contributed by atoms with E-state index in [9.17, 15) is 22.8 Å². The van der Waals surface area contributed by atoms with Gasteiger partial charge in [0.15, 0.2) is 0 Å². The molecular weight excluding hydrogens is 485 g/mol. The predicted octanol–water partition coefficient (Wildman–Crippen LogP) is 3.34. The van der Waals surface area contributed by atoms with Gasteiger partial charge in [0.05, 0.1) is 23.9 Å². The molecule has 0 radical (unpaired) electrons. The summed E-state index contributed by atoms with van der Waals surface area (Å²) < 4.78 is 43.8. The van der Waals surface area contributed by atoms with Gasteiger partial charge in [-0.1, -0.05) is 19.3 Å². The summed E-state index contributed by atoms with van der Waals surface area (Å²) in [6.07, 6.45) is 5.46. The van der Waals surface area contributed by atoms with Gasteiger partial charge in [-0.25, -0.2) is 15.6 Å². The minimum Gasteiger partial charge on any atom is -0.359 e. The summed E-state index contributed by atoms with van der Waals surface area (Å²) in [5.74, 6) is 1.41. The first-order chi connectivity index (χ1) is 17.7. The van der Waals surface area contributed by atoms with E-state index in [1.807, 2.05) is 0 Å². The highest BCUT2D eigenvalue weighted by Crippen LogP contribution is 2.49. The molecule has 1 saturated heterocycles. The van der Waals surface area contributed by atoms with Crippen LogP contribution < -0.4 is 21.9 Å². The van der Waals surface area contributed by atoms with Crippen LogP contribution >= 0.6 is 0 Å². The number of imidazole rings is 1. The molecule has 2 saturated carbocycles. The molecule has 3 N–H and O–H groups in total. The van der Waals surface area contributed by atoms with Gasteiger partial charge in [-0.15, -0.1) is 0 Å². The number of carbonyl (C=O) groups is 1. The zero-order chi connectivity index (χ0) is 26.3. The third-order valence-corrected chi connectivity index (χ3v) is 8.95. The fourth-order valence-corrected chi connectivity index (χ4v) is 6.92. The van der Waals surface area contributed by atoms with Gasteiger partial charge in [-0.2, -0.15) is 13.2 Å². The highest BCUT2D eigenvalue weighted by Gasteiger charge is 2.45. The van der Waals surface area contributed by atoms with E-state index in [0.717, 1.165) is 30.0 Å². The molecule has 37 heavy (non-hydrogen) atoms. The van der Waals surface area contributed by atoms with Crippen molar-refractivity contribution >= 4 is 11.4 Å². The molecule has 0 bridgehead atoms. The van der Waals surface area contributed by atoms with Crippen LogP contribution in [0.3, 0.4) is 0 Å². The topological polar surface area (TPSA) is 82.8 Å². The number of rotatable bonds is 7. The van der Waals surface area contributed by atoms with Crippen LogP contribution in [0.25, 0.3) is 5.52 Å². The van der Waals surface area contributed by atoms with Crippen molar-refractivity contribution in [2.45, 2.75) is 69.8 Å². The number of carbonyl (C=O) groups excluding carboxylic acids is 1. The Labute approximate surface area is 214 Å². The molecule has 8 nitrogen and oxygen atoms in total. The maximum atomic E-state index is 13.7. The first-order valence-corrected chi connectivity index (χ1v) is 13.4. The average Bonchev–Trinajstić information content (AvgIpc) is 3.41. The lowest BCUT2D eigenvalue weighted by molar-refractivity contribution is -0.136. The first kappa shape index (κ1) is 26.2. The molecule has 2 aromatic heterocycles. The van der Waals surface area contributed by atoms with Crippen molar-refractivity contribution < 1.29 is 18.0 Å². The fraction of sp³-hybridized carbons (Fsp3) is 0.692. The fourth-order valence-electron chi connectivity index (χ4n) is 6.92. The van der Waals surface area contributed by atoms with Gasteiger partial charge >= 0.3 is 11.9 Å². The third-order valence-electron chi connectivity index (χ3n) is 8.95. The molecule has 3 fully saturated rings. The lowest BCUT2D eigenvalue weighted by Gasteiger charge is -2.47. The van der Waals surface area contributed by atoms with Crippen molar-refractivity contribution in [1.82, 2.24) is 30.0 Å². The lowest BCUT2D eigenvalue weighted by Crippen LogP contribution is -2.50. The van der Waals surface area contributed by atoms with E-state index in [1.165, 1.54) is 42.3 Å². The van der Waals surface area contributed by atoms with Crippen LogP contribution in [0.15, 0.2) is 29.3 Å². The number of halogens is 3. The van der Waals surface area contributed by atoms with Crippen molar-refractivity contribution in [2.75, 3.05) is 20.8 Å². The molecule has 11 heteroatoms. The number of aromatic nitrogens is 2. The number of nitrogens with zero attached hydrogens (tertiary/aromatic N) is 3. The van der Waals surface area contributed by atoms with Gasteiger partial charge in [-0.3, -0.25) is 18.7 Å². The quantitative estimate of drug-likeness (QED) is 0.520. The highest BCUT2D eigenvalue weighted by molar-refractivity contribution is 5.75. The van der Waals surface area contributed by atoms with Crippen LogP contribution in [0.5, 0.6) is 0 Å². The van der Waals surface area contributed by atoms with Crippen LogP contribution in [0.4, 0.5) is 13.2 Å². The summed E-state index contributed by atoms with van der Waals surface area (Å²) in [6, 6.07) is 2.08. The van der Waals surface area contributed by atoms with Crippen LogP contribution in [0.1, 0.15) is 63.0 Å². The summed E-state index contributed by atoms with van der Waals surface area (Å²) in [5.41, 5.74) is 5.36. The Hall–Kier alpha value is -2.37. The molecule has 1 aliphatic heterocycles. The number of hydrogen-bond acceptors (Lipinski definition) is 5. The molecule has 2 aliphatic carbocycles. The molecule has 0 spiro atoms. The summed E-state index contributed by atoms with van der Waals surface area (Å²) >= 11 is 0. The van der Waals surface area contributed by atoms with Crippen LogP contribution in [-0.2, 0) is 11.0 Å². The number of hydrazine groups is 1. The van der Waals surface area contributed by atoms with Crippen LogP contribution in [-0.4, -0.2) is 46.7 Å². The molecule has 4 unspecified atom stereocenters. The first-order valence-electron chi connectivity index (χ1n) is 13.4. The molecule has 0 aromatic carbocycles. The van der Waals surface area contributed by atoms with Crippen LogP contribution in [0, 0.1) is 23.7 Å². The zero-order valence-corrected chi connectivity index (χ0v) is 21.4. The van der Waals surface area contributed by atoms with E-state index in [2.05, 4.69) is 28.1 Å². The lowest BCUT2D eigenvalue weighted by atomic mass is 9.62. The Balaban J connectivity index is 1.50. The largest absolute Gasteiger partial charge is 0.418 e. The number of hydrogen-bond donors (Lipinski definition) is 3. The third kappa shape index (κ3) is 5.18. The van der Waals surface area contributed by atoms with Gasteiger partial charge in [0, 0.05) is 31.9 Å². The maximum absolute atomic E-state index is 13.7. The average molecular weight is 523 g/mol. The number of alkyl halides is 3. The molecule has 3 heterocycles. The predicted molar refractivity (Wildman–Crippen MR) is 133 cm³/mol. The second-order valence-corrected chi connectivity index (χ2v) is 11.1. The van der Waals surface area contributed by atoms with Gasteiger partial charge < -0.3 is 5.32 Å². The Morgan fingerprint density at radius 2 is 2.00 bits per heavy atom. The SMILES string of the molecule is CNC(=O)CCC1CC([C@H](C2CCC2)C2NNCN2C)CC(n2cc3c(C(F)(F)F)cccn3c2=O)C1. The molecule has 2 aromatic rings. The molecule has 3 aliphatic rings. The monoisotopic (exact) mass is 522 g/mol. The van der Waals surface area contributed by atoms with E-state index >= 15 is 0 Å². The van der Waals surface area contributed by atoms with Gasteiger partial charge in [0.2, 0.25) is 5.91 Å². The number of pyridine rings is 1. The molecule has 204 valence electrons. The minimum absolute atomic E-state index is 0.0165. The van der Waals surface area contributed by atoms with Gasteiger partial charge in [-0.05, 0) is 68.5 Å². The normalized spacial score (nSPS) is 28.4. The molecular formula is C26H37F3N6O2. The van der Waals surface area contributed by atoms with Crippen LogP contribution in [0.2, 0.25) is 0 Å².